The van der Waals surface area contributed by atoms with Crippen molar-refractivity contribution >= 4 is 5.97 Å². The second-order valence-corrected chi connectivity index (χ2v) is 6.13. The summed E-state index contributed by atoms with van der Waals surface area (Å²) in [5.74, 6) is -0.0944. The normalized spacial score (nSPS) is 32.7. The third-order valence-electron chi connectivity index (χ3n) is 4.43. The lowest BCUT2D eigenvalue weighted by atomic mass is 10.0. The number of hydrogen-bond donors (Lipinski definition) is 1. The van der Waals surface area contributed by atoms with Crippen LogP contribution in [0.15, 0.2) is 0 Å². The molecular formula is C16H28O4. The minimum atomic E-state index is -0.368. The number of carbonyl (C=O) groups is 1. The second-order valence-electron chi connectivity index (χ2n) is 6.13. The lowest BCUT2D eigenvalue weighted by Gasteiger charge is -2.24. The molecule has 0 saturated carbocycles. The molecule has 4 nitrogen and oxygen atoms in total. The highest BCUT2D eigenvalue weighted by atomic mass is 16.6. The predicted molar refractivity (Wildman–Crippen MR) is 76.4 cm³/mol. The molecule has 2 saturated heterocycles. The van der Waals surface area contributed by atoms with Crippen LogP contribution in [-0.2, 0) is 14.3 Å². The number of hydrogen-bond acceptors (Lipinski definition) is 4. The van der Waals surface area contributed by atoms with E-state index < -0.39 is 0 Å². The van der Waals surface area contributed by atoms with Crippen molar-refractivity contribution in [3.05, 3.63) is 0 Å². The monoisotopic (exact) mass is 284 g/mol. The Morgan fingerprint density at radius 3 is 2.85 bits per heavy atom. The maximum atomic E-state index is 11.5. The van der Waals surface area contributed by atoms with Crippen LogP contribution in [0.4, 0.5) is 0 Å². The Balaban J connectivity index is 1.77. The van der Waals surface area contributed by atoms with E-state index in [1.54, 1.807) is 0 Å². The highest BCUT2D eigenvalue weighted by molar-refractivity contribution is 5.69. The summed E-state index contributed by atoms with van der Waals surface area (Å²) in [6, 6.07) is 0. The first kappa shape index (κ1) is 15.8. The molecule has 0 spiro atoms. The molecule has 0 amide bonds. The number of unbranched alkanes of at least 4 members (excludes halogenated alkanes) is 2. The number of esters is 1. The van der Waals surface area contributed by atoms with Crippen molar-refractivity contribution in [1.82, 2.24) is 0 Å². The maximum absolute atomic E-state index is 11.5. The largest absolute Gasteiger partial charge is 0.460 e. The molecule has 2 fully saturated rings. The Bertz CT molecular complexity index is 305. The quantitative estimate of drug-likeness (QED) is 0.602. The van der Waals surface area contributed by atoms with E-state index in [9.17, 15) is 9.90 Å². The van der Waals surface area contributed by atoms with E-state index in [0.29, 0.717) is 6.42 Å². The molecule has 116 valence electrons. The van der Waals surface area contributed by atoms with Crippen LogP contribution >= 0.6 is 0 Å². The van der Waals surface area contributed by atoms with Crippen LogP contribution in [0.2, 0.25) is 0 Å². The van der Waals surface area contributed by atoms with E-state index in [1.165, 1.54) is 6.42 Å². The standard InChI is InChI=1S/C16H28O4/c1-2-3-4-7-12(17)13-10-11-15(19-13)14-8-5-6-9-16(18)20-14/h12-15,17H,2-11H2,1H3/t12-,13+,14+,15+/m0/s1. The van der Waals surface area contributed by atoms with Crippen LogP contribution in [0.3, 0.4) is 0 Å². The molecule has 0 aromatic rings. The van der Waals surface area contributed by atoms with Gasteiger partial charge >= 0.3 is 5.97 Å². The van der Waals surface area contributed by atoms with Gasteiger partial charge in [0.15, 0.2) is 0 Å². The van der Waals surface area contributed by atoms with Gasteiger partial charge in [0, 0.05) is 6.42 Å². The molecule has 2 heterocycles. The number of carbonyl (C=O) groups excluding carboxylic acids is 1. The van der Waals surface area contributed by atoms with Crippen molar-refractivity contribution in [3.8, 4) is 0 Å². The molecule has 0 aliphatic carbocycles. The summed E-state index contributed by atoms with van der Waals surface area (Å²) in [7, 11) is 0. The van der Waals surface area contributed by atoms with E-state index in [0.717, 1.165) is 51.4 Å². The van der Waals surface area contributed by atoms with E-state index in [-0.39, 0.29) is 30.4 Å². The summed E-state index contributed by atoms with van der Waals surface area (Å²) in [6.07, 6.45) is 8.81. The predicted octanol–water partition coefficient (Wildman–Crippen LogP) is 2.96. The number of aliphatic hydroxyl groups excluding tert-OH is 1. The Labute approximate surface area is 121 Å². The molecular weight excluding hydrogens is 256 g/mol. The fraction of sp³-hybridized carbons (Fsp3) is 0.938. The molecule has 20 heavy (non-hydrogen) atoms. The van der Waals surface area contributed by atoms with Crippen LogP contribution < -0.4 is 0 Å². The van der Waals surface area contributed by atoms with Gasteiger partial charge in [0.1, 0.15) is 6.10 Å². The van der Waals surface area contributed by atoms with Gasteiger partial charge < -0.3 is 14.6 Å². The zero-order chi connectivity index (χ0) is 14.4. The van der Waals surface area contributed by atoms with E-state index >= 15 is 0 Å². The summed E-state index contributed by atoms with van der Waals surface area (Å²) in [5.41, 5.74) is 0. The van der Waals surface area contributed by atoms with Crippen LogP contribution in [-0.4, -0.2) is 35.5 Å². The van der Waals surface area contributed by atoms with Crippen molar-refractivity contribution in [2.45, 2.75) is 95.5 Å². The zero-order valence-electron chi connectivity index (χ0n) is 12.6. The van der Waals surface area contributed by atoms with Gasteiger partial charge in [-0.15, -0.1) is 0 Å². The first-order valence-electron chi connectivity index (χ1n) is 8.23. The minimum Gasteiger partial charge on any atom is -0.460 e. The van der Waals surface area contributed by atoms with Gasteiger partial charge in [0.05, 0.1) is 18.3 Å². The summed E-state index contributed by atoms with van der Waals surface area (Å²) >= 11 is 0. The molecule has 0 aromatic heterocycles. The van der Waals surface area contributed by atoms with Gasteiger partial charge in [0.2, 0.25) is 0 Å². The molecule has 0 aromatic carbocycles. The molecule has 0 radical (unpaired) electrons. The maximum Gasteiger partial charge on any atom is 0.306 e. The van der Waals surface area contributed by atoms with E-state index in [1.807, 2.05) is 0 Å². The summed E-state index contributed by atoms with van der Waals surface area (Å²) in [4.78, 5) is 11.5. The van der Waals surface area contributed by atoms with Crippen LogP contribution in [0, 0.1) is 0 Å². The number of rotatable bonds is 6. The van der Waals surface area contributed by atoms with Gasteiger partial charge in [-0.1, -0.05) is 26.2 Å². The Morgan fingerprint density at radius 2 is 2.05 bits per heavy atom. The second kappa shape index (κ2) is 7.99. The van der Waals surface area contributed by atoms with Gasteiger partial charge in [-0.3, -0.25) is 4.79 Å². The molecule has 2 aliphatic rings. The fourth-order valence-electron chi connectivity index (χ4n) is 3.20. The number of ether oxygens (including phenoxy) is 2. The van der Waals surface area contributed by atoms with E-state index in [4.69, 9.17) is 9.47 Å². The average molecular weight is 284 g/mol. The first-order valence-corrected chi connectivity index (χ1v) is 8.23. The van der Waals surface area contributed by atoms with Crippen molar-refractivity contribution < 1.29 is 19.4 Å². The Morgan fingerprint density at radius 1 is 1.20 bits per heavy atom. The molecule has 4 heteroatoms. The van der Waals surface area contributed by atoms with Crippen LogP contribution in [0.25, 0.3) is 0 Å². The minimum absolute atomic E-state index is 0.0112. The topological polar surface area (TPSA) is 55.8 Å². The fourth-order valence-corrected chi connectivity index (χ4v) is 3.20. The van der Waals surface area contributed by atoms with Crippen molar-refractivity contribution in [3.63, 3.8) is 0 Å². The van der Waals surface area contributed by atoms with Gasteiger partial charge in [-0.2, -0.15) is 0 Å². The number of aliphatic hydroxyl groups is 1. The summed E-state index contributed by atoms with van der Waals surface area (Å²) in [5, 5.41) is 10.2. The highest BCUT2D eigenvalue weighted by Crippen LogP contribution is 2.30. The molecule has 2 rings (SSSR count). The van der Waals surface area contributed by atoms with Gasteiger partial charge in [0.25, 0.3) is 0 Å². The molecule has 4 atom stereocenters. The molecule has 0 bridgehead atoms. The van der Waals surface area contributed by atoms with E-state index in [2.05, 4.69) is 6.92 Å². The van der Waals surface area contributed by atoms with Gasteiger partial charge in [-0.05, 0) is 38.5 Å². The third-order valence-corrected chi connectivity index (χ3v) is 4.43. The van der Waals surface area contributed by atoms with Crippen molar-refractivity contribution in [2.24, 2.45) is 0 Å². The SMILES string of the molecule is CCCCC[C@H](O)[C@H]1CC[C@H]([C@H]2CCCCC(=O)O2)O1. The smallest absolute Gasteiger partial charge is 0.306 e. The lowest BCUT2D eigenvalue weighted by molar-refractivity contribution is -0.157. The molecule has 2 aliphatic heterocycles. The summed E-state index contributed by atoms with van der Waals surface area (Å²) < 4.78 is 11.4. The van der Waals surface area contributed by atoms with Crippen molar-refractivity contribution in [1.29, 1.82) is 0 Å². The lowest BCUT2D eigenvalue weighted by Crippen LogP contribution is -2.33. The highest BCUT2D eigenvalue weighted by Gasteiger charge is 2.37. The number of cyclic esters (lactones) is 1. The molecule has 0 unspecified atom stereocenters. The summed E-state index contributed by atoms with van der Waals surface area (Å²) in [6.45, 7) is 2.16. The zero-order valence-corrected chi connectivity index (χ0v) is 12.6. The van der Waals surface area contributed by atoms with Crippen molar-refractivity contribution in [2.75, 3.05) is 0 Å². The Kier molecular flexibility index (Phi) is 6.30. The first-order chi connectivity index (χ1) is 9.70. The Hall–Kier alpha value is -0.610. The van der Waals surface area contributed by atoms with Gasteiger partial charge in [-0.25, -0.2) is 0 Å². The average Bonchev–Trinajstić information content (AvgIpc) is 2.83. The molecule has 1 N–H and O–H groups in total. The van der Waals surface area contributed by atoms with Crippen LogP contribution in [0.5, 0.6) is 0 Å². The third kappa shape index (κ3) is 4.45. The van der Waals surface area contributed by atoms with Crippen LogP contribution in [0.1, 0.15) is 71.1 Å².